The van der Waals surface area contributed by atoms with Gasteiger partial charge < -0.3 is 10.4 Å². The number of hydrogen-bond donors (Lipinski definition) is 2. The van der Waals surface area contributed by atoms with Gasteiger partial charge in [-0.15, -0.1) is 0 Å². The van der Waals surface area contributed by atoms with E-state index < -0.39 is 4.92 Å². The third-order valence-corrected chi connectivity index (χ3v) is 2.98. The molecule has 1 aromatic heterocycles. The third kappa shape index (κ3) is 3.10. The number of nitrogens with zero attached hydrogens (tertiary/aromatic N) is 2. The van der Waals surface area contributed by atoms with Gasteiger partial charge in [-0.05, 0) is 12.5 Å². The van der Waals surface area contributed by atoms with Crippen molar-refractivity contribution in [3.05, 3.63) is 63.8 Å². The number of hydrogen-bond acceptors (Lipinski definition) is 5. The molecule has 0 aliphatic carbocycles. The van der Waals surface area contributed by atoms with Crippen LogP contribution in [0.25, 0.3) is 0 Å². The zero-order valence-electron chi connectivity index (χ0n) is 11.0. The summed E-state index contributed by atoms with van der Waals surface area (Å²) in [6.45, 7) is 1.50. The Balaban J connectivity index is 2.24. The number of aryl methyl sites for hydroxylation is 1. The molecule has 0 saturated heterocycles. The van der Waals surface area contributed by atoms with Crippen LogP contribution in [0.1, 0.15) is 17.2 Å². The Bertz CT molecular complexity index is 602. The van der Waals surface area contributed by atoms with Crippen LogP contribution in [0.2, 0.25) is 0 Å². The lowest BCUT2D eigenvalue weighted by molar-refractivity contribution is -0.385. The van der Waals surface area contributed by atoms with Crippen molar-refractivity contribution in [2.75, 3.05) is 11.9 Å². The van der Waals surface area contributed by atoms with Crippen LogP contribution in [0, 0.1) is 17.0 Å². The van der Waals surface area contributed by atoms with Crippen LogP contribution in [0.5, 0.6) is 0 Å². The van der Waals surface area contributed by atoms with Gasteiger partial charge in [-0.2, -0.15) is 0 Å². The molecular weight excluding hydrogens is 258 g/mol. The molecule has 2 aromatic rings. The summed E-state index contributed by atoms with van der Waals surface area (Å²) in [5.74, 6) is 0.366. The molecule has 6 nitrogen and oxygen atoms in total. The molecule has 6 heteroatoms. The van der Waals surface area contributed by atoms with Crippen molar-refractivity contribution in [2.45, 2.75) is 13.0 Å². The van der Waals surface area contributed by atoms with Crippen molar-refractivity contribution in [1.82, 2.24) is 4.98 Å². The molecule has 0 saturated carbocycles. The van der Waals surface area contributed by atoms with Crippen LogP contribution < -0.4 is 5.32 Å². The monoisotopic (exact) mass is 273 g/mol. The van der Waals surface area contributed by atoms with E-state index >= 15 is 0 Å². The maximum absolute atomic E-state index is 10.9. The van der Waals surface area contributed by atoms with Gasteiger partial charge in [-0.3, -0.25) is 10.1 Å². The molecule has 1 aromatic carbocycles. The summed E-state index contributed by atoms with van der Waals surface area (Å²) >= 11 is 0. The number of rotatable bonds is 5. The minimum absolute atomic E-state index is 0.00671. The van der Waals surface area contributed by atoms with E-state index in [1.807, 2.05) is 30.3 Å². The van der Waals surface area contributed by atoms with Crippen LogP contribution in [0.15, 0.2) is 42.6 Å². The Morgan fingerprint density at radius 2 is 2.10 bits per heavy atom. The van der Waals surface area contributed by atoms with Gasteiger partial charge in [0.1, 0.15) is 5.82 Å². The molecule has 0 spiro atoms. The number of benzene rings is 1. The van der Waals surface area contributed by atoms with Crippen LogP contribution in [0.4, 0.5) is 11.5 Å². The Labute approximate surface area is 116 Å². The van der Waals surface area contributed by atoms with Gasteiger partial charge in [0.25, 0.3) is 5.69 Å². The van der Waals surface area contributed by atoms with Crippen molar-refractivity contribution in [1.29, 1.82) is 0 Å². The highest BCUT2D eigenvalue weighted by molar-refractivity contribution is 5.50. The number of pyridine rings is 1. The maximum Gasteiger partial charge on any atom is 0.277 e. The van der Waals surface area contributed by atoms with Gasteiger partial charge in [0, 0.05) is 11.8 Å². The minimum atomic E-state index is -0.446. The fourth-order valence-corrected chi connectivity index (χ4v) is 1.89. The third-order valence-electron chi connectivity index (χ3n) is 2.98. The summed E-state index contributed by atoms with van der Waals surface area (Å²) in [5.41, 5.74) is 1.40. The lowest BCUT2D eigenvalue weighted by atomic mass is 10.1. The summed E-state index contributed by atoms with van der Waals surface area (Å²) in [4.78, 5) is 14.6. The summed E-state index contributed by atoms with van der Waals surface area (Å²) in [5, 5.41) is 23.4. The number of aliphatic hydroxyl groups is 1. The number of nitrogens with one attached hydrogen (secondary N) is 1. The Hall–Kier alpha value is -2.47. The molecule has 104 valence electrons. The molecule has 0 bridgehead atoms. The van der Waals surface area contributed by atoms with Crippen molar-refractivity contribution >= 4 is 11.5 Å². The molecule has 1 atom stereocenters. The van der Waals surface area contributed by atoms with E-state index in [9.17, 15) is 15.2 Å². The molecule has 0 aliphatic heterocycles. The number of aromatic nitrogens is 1. The second-order valence-electron chi connectivity index (χ2n) is 4.40. The van der Waals surface area contributed by atoms with Gasteiger partial charge >= 0.3 is 0 Å². The number of nitro groups is 1. The highest BCUT2D eigenvalue weighted by Crippen LogP contribution is 2.23. The summed E-state index contributed by atoms with van der Waals surface area (Å²) in [7, 11) is 0. The molecule has 1 unspecified atom stereocenters. The molecular formula is C14H15N3O3. The smallest absolute Gasteiger partial charge is 0.277 e. The molecule has 0 fully saturated rings. The van der Waals surface area contributed by atoms with E-state index in [4.69, 9.17) is 0 Å². The Kier molecular flexibility index (Phi) is 4.27. The van der Waals surface area contributed by atoms with E-state index in [1.54, 1.807) is 6.92 Å². The van der Waals surface area contributed by atoms with Crippen LogP contribution in [0.3, 0.4) is 0 Å². The first-order valence-electron chi connectivity index (χ1n) is 6.15. The molecule has 20 heavy (non-hydrogen) atoms. The van der Waals surface area contributed by atoms with Crippen molar-refractivity contribution in [3.63, 3.8) is 0 Å². The topological polar surface area (TPSA) is 88.3 Å². The second kappa shape index (κ2) is 6.12. The summed E-state index contributed by atoms with van der Waals surface area (Å²) < 4.78 is 0. The minimum Gasteiger partial charge on any atom is -0.394 e. The van der Waals surface area contributed by atoms with E-state index in [0.29, 0.717) is 11.4 Å². The van der Waals surface area contributed by atoms with Crippen molar-refractivity contribution in [2.24, 2.45) is 0 Å². The summed E-state index contributed by atoms with van der Waals surface area (Å²) in [6, 6.07) is 10.4. The van der Waals surface area contributed by atoms with Gasteiger partial charge in [-0.25, -0.2) is 4.98 Å². The van der Waals surface area contributed by atoms with Crippen molar-refractivity contribution < 1.29 is 10.0 Å². The molecule has 0 aliphatic rings. The van der Waals surface area contributed by atoms with E-state index in [-0.39, 0.29) is 18.3 Å². The van der Waals surface area contributed by atoms with Gasteiger partial charge in [0.2, 0.25) is 0 Å². The summed E-state index contributed by atoms with van der Waals surface area (Å²) in [6.07, 6.45) is 1.44. The first kappa shape index (κ1) is 14.0. The Morgan fingerprint density at radius 3 is 2.70 bits per heavy atom. The average molecular weight is 273 g/mol. The van der Waals surface area contributed by atoms with Gasteiger partial charge in [0.15, 0.2) is 0 Å². The molecule has 0 amide bonds. The van der Waals surface area contributed by atoms with E-state index in [1.165, 1.54) is 12.3 Å². The normalized spacial score (nSPS) is 11.9. The zero-order chi connectivity index (χ0) is 14.5. The number of aliphatic hydroxyl groups excluding tert-OH is 1. The predicted molar refractivity (Wildman–Crippen MR) is 75.5 cm³/mol. The highest BCUT2D eigenvalue weighted by Gasteiger charge is 2.15. The Morgan fingerprint density at radius 1 is 1.40 bits per heavy atom. The first-order valence-corrected chi connectivity index (χ1v) is 6.15. The van der Waals surface area contributed by atoms with Crippen LogP contribution in [-0.4, -0.2) is 21.6 Å². The van der Waals surface area contributed by atoms with E-state index in [2.05, 4.69) is 10.3 Å². The first-order chi connectivity index (χ1) is 9.61. The van der Waals surface area contributed by atoms with Gasteiger partial charge in [0.05, 0.1) is 23.6 Å². The molecule has 1 heterocycles. The standard InChI is InChI=1S/C14H15N3O3/c1-10-8-15-14(7-13(10)17(19)20)16-12(9-18)11-5-3-2-4-6-11/h2-8,12,18H,9H2,1H3,(H,15,16). The molecule has 0 radical (unpaired) electrons. The quantitative estimate of drug-likeness (QED) is 0.645. The second-order valence-corrected chi connectivity index (χ2v) is 4.40. The zero-order valence-corrected chi connectivity index (χ0v) is 11.0. The predicted octanol–water partition coefficient (Wildman–Crippen LogP) is 2.44. The van der Waals surface area contributed by atoms with Crippen molar-refractivity contribution in [3.8, 4) is 0 Å². The largest absolute Gasteiger partial charge is 0.394 e. The number of anilines is 1. The molecule has 2 N–H and O–H groups in total. The fraction of sp³-hybridized carbons (Fsp3) is 0.214. The highest BCUT2D eigenvalue weighted by atomic mass is 16.6. The lowest BCUT2D eigenvalue weighted by Crippen LogP contribution is -2.15. The average Bonchev–Trinajstić information content (AvgIpc) is 2.47. The molecule has 2 rings (SSSR count). The van der Waals surface area contributed by atoms with Crippen LogP contribution >= 0.6 is 0 Å². The van der Waals surface area contributed by atoms with Gasteiger partial charge in [-0.1, -0.05) is 30.3 Å². The fourth-order valence-electron chi connectivity index (χ4n) is 1.89. The van der Waals surface area contributed by atoms with Crippen LogP contribution in [-0.2, 0) is 0 Å². The maximum atomic E-state index is 10.9. The SMILES string of the molecule is Cc1cnc(NC(CO)c2ccccc2)cc1[N+](=O)[O-]. The van der Waals surface area contributed by atoms with E-state index in [0.717, 1.165) is 5.56 Å². The lowest BCUT2D eigenvalue weighted by Gasteiger charge is -2.17.